The highest BCUT2D eigenvalue weighted by Gasteiger charge is 2.15. The Morgan fingerprint density at radius 2 is 2.16 bits per heavy atom. The van der Waals surface area contributed by atoms with Gasteiger partial charge in [-0.05, 0) is 31.0 Å². The molecule has 4 nitrogen and oxygen atoms in total. The second kappa shape index (κ2) is 6.73. The van der Waals surface area contributed by atoms with Crippen molar-refractivity contribution in [2.24, 2.45) is 0 Å². The first kappa shape index (κ1) is 14.1. The predicted molar refractivity (Wildman–Crippen MR) is 71.9 cm³/mol. The molecule has 1 heterocycles. The van der Waals surface area contributed by atoms with Gasteiger partial charge in [-0.25, -0.2) is 4.39 Å². The molecule has 0 atom stereocenters. The number of benzene rings is 1. The molecule has 1 aliphatic heterocycles. The minimum atomic E-state index is -0.503. The lowest BCUT2D eigenvalue weighted by Crippen LogP contribution is -2.41. The summed E-state index contributed by atoms with van der Waals surface area (Å²) in [6.45, 7) is 1.47. The van der Waals surface area contributed by atoms with Crippen molar-refractivity contribution in [1.29, 1.82) is 0 Å². The lowest BCUT2D eigenvalue weighted by molar-refractivity contribution is -0.120. The highest BCUT2D eigenvalue weighted by atomic mass is 35.5. The maximum absolute atomic E-state index is 13.2. The van der Waals surface area contributed by atoms with Gasteiger partial charge < -0.3 is 15.4 Å². The summed E-state index contributed by atoms with van der Waals surface area (Å²) in [7, 11) is 0. The Labute approximate surface area is 116 Å². The van der Waals surface area contributed by atoms with E-state index >= 15 is 0 Å². The average Bonchev–Trinajstić information content (AvgIpc) is 2.41. The van der Waals surface area contributed by atoms with Crippen LogP contribution in [-0.2, 0) is 9.53 Å². The van der Waals surface area contributed by atoms with Gasteiger partial charge in [0.2, 0.25) is 5.91 Å². The first-order valence-electron chi connectivity index (χ1n) is 6.21. The zero-order valence-corrected chi connectivity index (χ0v) is 11.2. The standard InChI is InChI=1S/C13H16ClFN2O2/c14-11-2-1-10(7-12(11)15)16-8-13(18)17-9-3-5-19-6-4-9/h1-2,7,9,16H,3-6,8H2,(H,17,18). The summed E-state index contributed by atoms with van der Waals surface area (Å²) in [6.07, 6.45) is 1.67. The van der Waals surface area contributed by atoms with Crippen LogP contribution >= 0.6 is 11.6 Å². The van der Waals surface area contributed by atoms with Crippen molar-refractivity contribution in [2.75, 3.05) is 25.1 Å². The van der Waals surface area contributed by atoms with Crippen LogP contribution in [0.2, 0.25) is 5.02 Å². The Kier molecular flexibility index (Phi) is 4.99. The Morgan fingerprint density at radius 1 is 1.42 bits per heavy atom. The van der Waals surface area contributed by atoms with Crippen LogP contribution in [0.3, 0.4) is 0 Å². The average molecular weight is 287 g/mol. The maximum atomic E-state index is 13.2. The number of rotatable bonds is 4. The summed E-state index contributed by atoms with van der Waals surface area (Å²) in [4.78, 5) is 11.7. The third-order valence-corrected chi connectivity index (χ3v) is 3.27. The van der Waals surface area contributed by atoms with E-state index in [9.17, 15) is 9.18 Å². The van der Waals surface area contributed by atoms with E-state index in [1.54, 1.807) is 6.07 Å². The quantitative estimate of drug-likeness (QED) is 0.892. The molecular weight excluding hydrogens is 271 g/mol. The van der Waals surface area contributed by atoms with E-state index in [1.807, 2.05) is 0 Å². The van der Waals surface area contributed by atoms with E-state index in [-0.39, 0.29) is 23.5 Å². The molecular formula is C13H16ClFN2O2. The van der Waals surface area contributed by atoms with Crippen LogP contribution in [0.25, 0.3) is 0 Å². The van der Waals surface area contributed by atoms with Gasteiger partial charge in [-0.2, -0.15) is 0 Å². The summed E-state index contributed by atoms with van der Waals surface area (Å²) >= 11 is 5.58. The van der Waals surface area contributed by atoms with Gasteiger partial charge in [-0.15, -0.1) is 0 Å². The van der Waals surface area contributed by atoms with Gasteiger partial charge in [0.25, 0.3) is 0 Å². The molecule has 1 amide bonds. The molecule has 0 spiro atoms. The van der Waals surface area contributed by atoms with E-state index in [2.05, 4.69) is 10.6 Å². The molecule has 1 aromatic carbocycles. The first-order chi connectivity index (χ1) is 9.15. The fourth-order valence-electron chi connectivity index (χ4n) is 1.91. The van der Waals surface area contributed by atoms with Crippen molar-refractivity contribution >= 4 is 23.2 Å². The van der Waals surface area contributed by atoms with Crippen LogP contribution in [-0.4, -0.2) is 31.7 Å². The molecule has 1 aliphatic rings. The third-order valence-electron chi connectivity index (χ3n) is 2.96. The summed E-state index contributed by atoms with van der Waals surface area (Å²) in [5.41, 5.74) is 0.532. The van der Waals surface area contributed by atoms with Crippen LogP contribution in [0.4, 0.5) is 10.1 Å². The minimum Gasteiger partial charge on any atom is -0.381 e. The second-order valence-corrected chi connectivity index (χ2v) is 4.84. The SMILES string of the molecule is O=C(CNc1ccc(Cl)c(F)c1)NC1CCOCC1. The number of hydrogen-bond acceptors (Lipinski definition) is 3. The van der Waals surface area contributed by atoms with E-state index in [0.29, 0.717) is 18.9 Å². The molecule has 1 aromatic rings. The molecule has 0 radical (unpaired) electrons. The van der Waals surface area contributed by atoms with Crippen LogP contribution in [0.15, 0.2) is 18.2 Å². The number of carbonyl (C=O) groups excluding carboxylic acids is 1. The molecule has 2 rings (SSSR count). The molecule has 0 aliphatic carbocycles. The molecule has 0 bridgehead atoms. The number of ether oxygens (including phenoxy) is 1. The van der Waals surface area contributed by atoms with Gasteiger partial charge >= 0.3 is 0 Å². The van der Waals surface area contributed by atoms with Crippen molar-refractivity contribution < 1.29 is 13.9 Å². The molecule has 6 heteroatoms. The van der Waals surface area contributed by atoms with E-state index in [4.69, 9.17) is 16.3 Å². The number of nitrogens with one attached hydrogen (secondary N) is 2. The number of hydrogen-bond donors (Lipinski definition) is 2. The zero-order chi connectivity index (χ0) is 13.7. The minimum absolute atomic E-state index is 0.0669. The molecule has 1 saturated heterocycles. The number of halogens is 2. The fourth-order valence-corrected chi connectivity index (χ4v) is 2.03. The smallest absolute Gasteiger partial charge is 0.239 e. The summed E-state index contributed by atoms with van der Waals surface area (Å²) < 4.78 is 18.4. The topological polar surface area (TPSA) is 50.4 Å². The number of anilines is 1. The van der Waals surface area contributed by atoms with Crippen LogP contribution in [0.5, 0.6) is 0 Å². The van der Waals surface area contributed by atoms with Crippen LogP contribution in [0.1, 0.15) is 12.8 Å². The first-order valence-corrected chi connectivity index (χ1v) is 6.59. The monoisotopic (exact) mass is 286 g/mol. The lowest BCUT2D eigenvalue weighted by Gasteiger charge is -2.23. The molecule has 104 valence electrons. The third kappa shape index (κ3) is 4.36. The summed E-state index contributed by atoms with van der Waals surface area (Å²) in [6, 6.07) is 4.53. The van der Waals surface area contributed by atoms with Gasteiger partial charge in [-0.3, -0.25) is 4.79 Å². The Hall–Kier alpha value is -1.33. The Morgan fingerprint density at radius 3 is 2.84 bits per heavy atom. The van der Waals surface area contributed by atoms with Crippen molar-refractivity contribution in [3.63, 3.8) is 0 Å². The second-order valence-electron chi connectivity index (χ2n) is 4.44. The molecule has 0 aromatic heterocycles. The molecule has 0 saturated carbocycles. The zero-order valence-electron chi connectivity index (χ0n) is 10.4. The van der Waals surface area contributed by atoms with Gasteiger partial charge in [0.05, 0.1) is 11.6 Å². The van der Waals surface area contributed by atoms with Gasteiger partial charge in [0, 0.05) is 24.9 Å². The van der Waals surface area contributed by atoms with Crippen molar-refractivity contribution in [1.82, 2.24) is 5.32 Å². The predicted octanol–water partition coefficient (Wildman–Crippen LogP) is 2.19. The van der Waals surface area contributed by atoms with Crippen molar-refractivity contribution in [3.8, 4) is 0 Å². The highest BCUT2D eigenvalue weighted by Crippen LogP contribution is 2.18. The Balaban J connectivity index is 1.77. The lowest BCUT2D eigenvalue weighted by atomic mass is 10.1. The number of carbonyl (C=O) groups is 1. The summed E-state index contributed by atoms with van der Waals surface area (Å²) in [5, 5.41) is 5.84. The van der Waals surface area contributed by atoms with Crippen LogP contribution in [0, 0.1) is 5.82 Å². The van der Waals surface area contributed by atoms with Crippen molar-refractivity contribution in [3.05, 3.63) is 29.0 Å². The van der Waals surface area contributed by atoms with E-state index < -0.39 is 5.82 Å². The Bertz CT molecular complexity index is 450. The largest absolute Gasteiger partial charge is 0.381 e. The van der Waals surface area contributed by atoms with Gasteiger partial charge in [0.1, 0.15) is 5.82 Å². The molecule has 19 heavy (non-hydrogen) atoms. The fraction of sp³-hybridized carbons (Fsp3) is 0.462. The summed E-state index contributed by atoms with van der Waals surface area (Å²) in [5.74, 6) is -0.612. The normalized spacial score (nSPS) is 16.1. The number of amides is 1. The van der Waals surface area contributed by atoms with E-state index in [1.165, 1.54) is 12.1 Å². The molecule has 2 N–H and O–H groups in total. The highest BCUT2D eigenvalue weighted by molar-refractivity contribution is 6.30. The maximum Gasteiger partial charge on any atom is 0.239 e. The molecule has 1 fully saturated rings. The van der Waals surface area contributed by atoms with Crippen LogP contribution < -0.4 is 10.6 Å². The van der Waals surface area contributed by atoms with Gasteiger partial charge in [-0.1, -0.05) is 11.6 Å². The van der Waals surface area contributed by atoms with Crippen molar-refractivity contribution in [2.45, 2.75) is 18.9 Å². The molecule has 0 unspecified atom stereocenters. The van der Waals surface area contributed by atoms with Gasteiger partial charge in [0.15, 0.2) is 0 Å². The van der Waals surface area contributed by atoms with E-state index in [0.717, 1.165) is 12.8 Å².